The summed E-state index contributed by atoms with van der Waals surface area (Å²) in [4.78, 5) is 12.3. The summed E-state index contributed by atoms with van der Waals surface area (Å²) in [5, 5.41) is 4.24. The molecule has 0 saturated heterocycles. The Morgan fingerprint density at radius 3 is 2.44 bits per heavy atom. The summed E-state index contributed by atoms with van der Waals surface area (Å²) >= 11 is 0. The minimum absolute atomic E-state index is 0.425. The number of nitrogens with two attached hydrogens (primary N) is 1. The molecule has 2 N–H and O–H groups in total. The van der Waals surface area contributed by atoms with Crippen LogP contribution in [0.1, 0.15) is 21.5 Å². The molecule has 6 aromatic rings. The Kier molecular flexibility index (Phi) is 4.70. The Labute approximate surface area is 198 Å². The summed E-state index contributed by atoms with van der Waals surface area (Å²) in [6.45, 7) is 2.79. The summed E-state index contributed by atoms with van der Waals surface area (Å²) in [7, 11) is 0. The standard InChI is InChI=1S/C31H23N2O/c1-20-10-12-24-17-21(11-13-23(24)16-20)19-33-28-9-5-8-27(31(32)34)30(28)26-15-14-25(18-29(26)33)22-6-3-2-4-7-22/h2-14,16-18H,19H2,1H3,(H2,32,34). The highest BCUT2D eigenvalue weighted by Crippen LogP contribution is 2.35. The third-order valence-electron chi connectivity index (χ3n) is 6.57. The van der Waals surface area contributed by atoms with Gasteiger partial charge < -0.3 is 10.3 Å². The second-order valence-corrected chi connectivity index (χ2v) is 8.85. The van der Waals surface area contributed by atoms with E-state index in [0.717, 1.165) is 32.9 Å². The van der Waals surface area contributed by atoms with Crippen LogP contribution in [0.5, 0.6) is 0 Å². The molecule has 6 rings (SSSR count). The van der Waals surface area contributed by atoms with Gasteiger partial charge in [-0.15, -0.1) is 0 Å². The molecule has 1 heterocycles. The van der Waals surface area contributed by atoms with Crippen molar-refractivity contribution in [3.8, 4) is 11.1 Å². The Balaban J connectivity index is 1.59. The molecule has 0 atom stereocenters. The summed E-state index contributed by atoms with van der Waals surface area (Å²) in [5.74, 6) is -0.425. The van der Waals surface area contributed by atoms with Gasteiger partial charge in [0.05, 0.1) is 11.0 Å². The van der Waals surface area contributed by atoms with Crippen LogP contribution in [0.15, 0.2) is 97.1 Å². The van der Waals surface area contributed by atoms with Crippen molar-refractivity contribution in [2.24, 2.45) is 5.73 Å². The van der Waals surface area contributed by atoms with Crippen LogP contribution in [0, 0.1) is 13.0 Å². The highest BCUT2D eigenvalue weighted by molar-refractivity contribution is 6.18. The van der Waals surface area contributed by atoms with Gasteiger partial charge in [0, 0.05) is 22.9 Å². The smallest absolute Gasteiger partial charge is 0.249 e. The number of hydrogen-bond acceptors (Lipinski definition) is 1. The number of benzene rings is 5. The van der Waals surface area contributed by atoms with Crippen molar-refractivity contribution < 1.29 is 4.79 Å². The lowest BCUT2D eigenvalue weighted by atomic mass is 10.0. The van der Waals surface area contributed by atoms with Gasteiger partial charge in [0.15, 0.2) is 0 Å². The molecule has 3 heteroatoms. The number of carbonyl (C=O) groups excluding carboxylic acids is 1. The van der Waals surface area contributed by atoms with Gasteiger partial charge in [0.2, 0.25) is 5.91 Å². The van der Waals surface area contributed by atoms with Gasteiger partial charge in [-0.3, -0.25) is 4.79 Å². The molecular weight excluding hydrogens is 416 g/mol. The first-order valence-corrected chi connectivity index (χ1v) is 11.4. The van der Waals surface area contributed by atoms with Crippen molar-refractivity contribution in [2.45, 2.75) is 13.5 Å². The molecule has 163 valence electrons. The first kappa shape index (κ1) is 20.3. The molecule has 0 saturated carbocycles. The minimum atomic E-state index is -0.425. The Bertz CT molecular complexity index is 1710. The average molecular weight is 440 g/mol. The number of carbonyl (C=O) groups is 1. The lowest BCUT2D eigenvalue weighted by Crippen LogP contribution is -2.11. The van der Waals surface area contributed by atoms with Crippen LogP contribution in [0.4, 0.5) is 0 Å². The average Bonchev–Trinajstić information content (AvgIpc) is 3.17. The lowest BCUT2D eigenvalue weighted by molar-refractivity contribution is 0.100. The first-order chi connectivity index (χ1) is 16.6. The van der Waals surface area contributed by atoms with Crippen LogP contribution in [-0.4, -0.2) is 10.5 Å². The first-order valence-electron chi connectivity index (χ1n) is 11.4. The van der Waals surface area contributed by atoms with Crippen LogP contribution < -0.4 is 5.73 Å². The van der Waals surface area contributed by atoms with Crippen molar-refractivity contribution in [1.82, 2.24) is 4.57 Å². The second kappa shape index (κ2) is 7.89. The number of primary amides is 1. The number of rotatable bonds is 4. The zero-order valence-electron chi connectivity index (χ0n) is 18.9. The van der Waals surface area contributed by atoms with Gasteiger partial charge in [-0.1, -0.05) is 72.3 Å². The van der Waals surface area contributed by atoms with E-state index in [4.69, 9.17) is 5.73 Å². The van der Waals surface area contributed by atoms with Crippen LogP contribution in [0.2, 0.25) is 0 Å². The molecule has 0 spiro atoms. The van der Waals surface area contributed by atoms with Crippen molar-refractivity contribution in [2.75, 3.05) is 0 Å². The van der Waals surface area contributed by atoms with E-state index in [0.29, 0.717) is 12.1 Å². The summed E-state index contributed by atoms with van der Waals surface area (Å²) in [6, 6.07) is 36.8. The van der Waals surface area contributed by atoms with Crippen LogP contribution in [-0.2, 0) is 6.54 Å². The van der Waals surface area contributed by atoms with Crippen molar-refractivity contribution >= 4 is 38.5 Å². The van der Waals surface area contributed by atoms with E-state index >= 15 is 0 Å². The van der Waals surface area contributed by atoms with Gasteiger partial charge >= 0.3 is 0 Å². The normalized spacial score (nSPS) is 11.4. The van der Waals surface area contributed by atoms with Crippen molar-refractivity contribution in [3.63, 3.8) is 0 Å². The summed E-state index contributed by atoms with van der Waals surface area (Å²) in [5.41, 5.74) is 13.0. The molecule has 0 unspecified atom stereocenters. The van der Waals surface area contributed by atoms with E-state index in [2.05, 4.69) is 78.2 Å². The maximum atomic E-state index is 12.3. The number of aromatic nitrogens is 1. The predicted molar refractivity (Wildman–Crippen MR) is 140 cm³/mol. The number of amides is 1. The molecular formula is C31H23N2O. The van der Waals surface area contributed by atoms with E-state index in [1.54, 1.807) is 6.07 Å². The van der Waals surface area contributed by atoms with E-state index in [1.165, 1.54) is 21.9 Å². The number of nitrogens with zero attached hydrogens (tertiary/aromatic N) is 1. The molecule has 5 aromatic carbocycles. The fraction of sp³-hybridized carbons (Fsp3) is 0.0645. The molecule has 0 aliphatic heterocycles. The van der Waals surface area contributed by atoms with Gasteiger partial charge in [-0.05, 0) is 70.8 Å². The zero-order valence-corrected chi connectivity index (χ0v) is 18.9. The monoisotopic (exact) mass is 439 g/mol. The third-order valence-corrected chi connectivity index (χ3v) is 6.57. The number of aryl methyl sites for hydroxylation is 1. The van der Waals surface area contributed by atoms with Crippen molar-refractivity contribution in [3.05, 3.63) is 120 Å². The lowest BCUT2D eigenvalue weighted by Gasteiger charge is -2.10. The maximum Gasteiger partial charge on any atom is 0.249 e. The highest BCUT2D eigenvalue weighted by Gasteiger charge is 2.17. The van der Waals surface area contributed by atoms with Crippen LogP contribution >= 0.6 is 0 Å². The fourth-order valence-electron chi connectivity index (χ4n) is 4.92. The van der Waals surface area contributed by atoms with E-state index in [9.17, 15) is 4.79 Å². The molecule has 1 amide bonds. The Hall–Kier alpha value is -4.37. The topological polar surface area (TPSA) is 48.0 Å². The molecule has 0 aliphatic rings. The SMILES string of the molecule is Cc1ccc2cc(Cn3c4cc(-c5ccccc5)c[c]c4c4c(C(N)=O)cccc43)ccc2c1. The van der Waals surface area contributed by atoms with E-state index < -0.39 is 5.91 Å². The van der Waals surface area contributed by atoms with Crippen LogP contribution in [0.25, 0.3) is 43.7 Å². The van der Waals surface area contributed by atoms with Crippen molar-refractivity contribution in [1.29, 1.82) is 0 Å². The molecule has 0 fully saturated rings. The zero-order chi connectivity index (χ0) is 23.2. The summed E-state index contributed by atoms with van der Waals surface area (Å²) < 4.78 is 2.27. The molecule has 1 radical (unpaired) electrons. The largest absolute Gasteiger partial charge is 0.366 e. The molecule has 1 aromatic heterocycles. The minimum Gasteiger partial charge on any atom is -0.366 e. The quantitative estimate of drug-likeness (QED) is 0.320. The van der Waals surface area contributed by atoms with Gasteiger partial charge in [0.25, 0.3) is 0 Å². The summed E-state index contributed by atoms with van der Waals surface area (Å²) in [6.07, 6.45) is 0. The van der Waals surface area contributed by atoms with E-state index in [-0.39, 0.29) is 0 Å². The fourth-order valence-corrected chi connectivity index (χ4v) is 4.92. The predicted octanol–water partition coefficient (Wildman–Crippen LogP) is 6.87. The third kappa shape index (κ3) is 3.34. The molecule has 0 aliphatic carbocycles. The molecule has 34 heavy (non-hydrogen) atoms. The molecule has 0 bridgehead atoms. The van der Waals surface area contributed by atoms with Gasteiger partial charge in [-0.25, -0.2) is 0 Å². The number of hydrogen-bond donors (Lipinski definition) is 1. The van der Waals surface area contributed by atoms with Gasteiger partial charge in [0.1, 0.15) is 0 Å². The Morgan fingerprint density at radius 2 is 1.62 bits per heavy atom. The second-order valence-electron chi connectivity index (χ2n) is 8.85. The Morgan fingerprint density at radius 1 is 0.824 bits per heavy atom. The maximum absolute atomic E-state index is 12.3. The van der Waals surface area contributed by atoms with E-state index in [1.807, 2.05) is 30.3 Å². The molecule has 3 nitrogen and oxygen atoms in total. The number of fused-ring (bicyclic) bond motifs is 4. The van der Waals surface area contributed by atoms with Gasteiger partial charge in [-0.2, -0.15) is 0 Å². The highest BCUT2D eigenvalue weighted by atomic mass is 16.1. The van der Waals surface area contributed by atoms with Crippen LogP contribution in [0.3, 0.4) is 0 Å².